The Morgan fingerprint density at radius 3 is 2.47 bits per heavy atom. The zero-order chi connectivity index (χ0) is 41.2. The van der Waals surface area contributed by atoms with E-state index < -0.39 is 51.5 Å². The summed E-state index contributed by atoms with van der Waals surface area (Å²) < 4.78 is 23.9. The maximum absolute atomic E-state index is 14.4. The number of aromatic nitrogens is 1. The molecule has 1 saturated carbocycles. The summed E-state index contributed by atoms with van der Waals surface area (Å²) in [5.41, 5.74) is 1.06. The highest BCUT2D eigenvalue weighted by Crippen LogP contribution is 2.68. The number of piperidine rings is 1. The van der Waals surface area contributed by atoms with Crippen LogP contribution < -0.4 is 14.4 Å². The number of nitrogens with zero attached hydrogens (tertiary/aromatic N) is 3. The molecule has 3 N–H and O–H groups in total. The number of hydrogen-bond donors (Lipinski definition) is 3. The molecule has 6 aliphatic rings. The predicted molar refractivity (Wildman–Crippen MR) is 221 cm³/mol. The summed E-state index contributed by atoms with van der Waals surface area (Å²) in [6.07, 6.45) is 7.14. The summed E-state index contributed by atoms with van der Waals surface area (Å²) in [7, 11) is 6.64. The van der Waals surface area contributed by atoms with Crippen molar-refractivity contribution in [3.63, 3.8) is 0 Å². The first-order chi connectivity index (χ1) is 27.7. The van der Waals surface area contributed by atoms with Crippen LogP contribution in [0.25, 0.3) is 10.9 Å². The van der Waals surface area contributed by atoms with Gasteiger partial charge in [0.2, 0.25) is 5.60 Å². The van der Waals surface area contributed by atoms with Gasteiger partial charge in [0, 0.05) is 96.4 Å². The van der Waals surface area contributed by atoms with Gasteiger partial charge in [0.1, 0.15) is 11.5 Å². The smallest absolute Gasteiger partial charge is 0.344 e. The molecule has 58 heavy (non-hydrogen) atoms. The Balaban J connectivity index is 1.32. The number of ether oxygens (including phenoxy) is 4. The lowest BCUT2D eigenvalue weighted by molar-refractivity contribution is -0.228. The number of aliphatic hydroxyl groups is 2. The van der Waals surface area contributed by atoms with Gasteiger partial charge in [-0.1, -0.05) is 26.0 Å². The van der Waals surface area contributed by atoms with Gasteiger partial charge in [0.15, 0.2) is 6.10 Å². The van der Waals surface area contributed by atoms with Gasteiger partial charge in [-0.25, -0.2) is 4.79 Å². The van der Waals surface area contributed by atoms with E-state index in [1.807, 2.05) is 18.0 Å². The molecule has 1 spiro atoms. The Bertz CT molecular complexity index is 2200. The molecule has 0 radical (unpaired) electrons. The fourth-order valence-corrected chi connectivity index (χ4v) is 13.5. The minimum atomic E-state index is -2.21. The molecule has 12 heteroatoms. The van der Waals surface area contributed by atoms with Crippen molar-refractivity contribution in [2.45, 2.75) is 106 Å². The summed E-state index contributed by atoms with van der Waals surface area (Å²) in [5, 5.41) is 26.4. The number of H-pyrrole nitrogens is 1. The Labute approximate surface area is 341 Å². The van der Waals surface area contributed by atoms with E-state index in [-0.39, 0.29) is 12.0 Å². The standard InChI is InChI=1S/C46H60N4O8/c1-9-43(53)24-28-23-42(4,37-30(14-18-49(25-28)26-43)31-20-29(55-6)12-13-34(31)47-37)33-21-32-35(22-36(33)56-7)48(5)39-45(32)16-19-50-17-11-15-44(10-2,38(45)50)40(58-27(3)51)46(39,54)41(52)57-8/h11-13,15,20-22,28,38-40,47,53-54H,9-10,14,16-19,23-26H2,1-8H3/t28-,38-,39+,40+,42+,43-,44+,45+,46-/m0/s1. The quantitative estimate of drug-likeness (QED) is 0.224. The first-order valence-corrected chi connectivity index (χ1v) is 21.2. The van der Waals surface area contributed by atoms with Crippen LogP contribution in [-0.2, 0) is 36.3 Å². The molecule has 1 unspecified atom stereocenters. The molecule has 3 aromatic rings. The minimum absolute atomic E-state index is 0.184. The molecule has 5 aliphatic heterocycles. The average molecular weight is 797 g/mol. The van der Waals surface area contributed by atoms with Crippen molar-refractivity contribution in [1.82, 2.24) is 14.8 Å². The van der Waals surface area contributed by atoms with Crippen molar-refractivity contribution in [3.8, 4) is 11.5 Å². The van der Waals surface area contributed by atoms with Gasteiger partial charge in [0.25, 0.3) is 0 Å². The van der Waals surface area contributed by atoms with Crippen molar-refractivity contribution in [3.05, 3.63) is 64.9 Å². The minimum Gasteiger partial charge on any atom is -0.497 e. The zero-order valence-corrected chi connectivity index (χ0v) is 35.3. The van der Waals surface area contributed by atoms with Crippen LogP contribution >= 0.6 is 0 Å². The number of carbonyl (C=O) groups excluding carboxylic acids is 2. The number of esters is 2. The van der Waals surface area contributed by atoms with Crippen molar-refractivity contribution in [2.24, 2.45) is 11.3 Å². The van der Waals surface area contributed by atoms with E-state index in [9.17, 15) is 19.8 Å². The lowest BCUT2D eigenvalue weighted by atomic mass is 9.47. The van der Waals surface area contributed by atoms with Gasteiger partial charge < -0.3 is 39.0 Å². The van der Waals surface area contributed by atoms with E-state index in [2.05, 4.69) is 72.0 Å². The molecule has 10 atom stereocenters. The monoisotopic (exact) mass is 796 g/mol. The van der Waals surface area contributed by atoms with Crippen LogP contribution in [0.3, 0.4) is 0 Å². The van der Waals surface area contributed by atoms with Crippen molar-refractivity contribution in [1.29, 1.82) is 0 Å². The second kappa shape index (κ2) is 13.5. The fourth-order valence-electron chi connectivity index (χ4n) is 13.5. The third kappa shape index (κ3) is 5.13. The normalized spacial score (nSPS) is 37.5. The number of carbonyl (C=O) groups is 2. The van der Waals surface area contributed by atoms with E-state index in [0.29, 0.717) is 44.5 Å². The summed E-state index contributed by atoms with van der Waals surface area (Å²) in [5.74, 6) is 0.317. The molecule has 2 saturated heterocycles. The summed E-state index contributed by atoms with van der Waals surface area (Å²) in [6, 6.07) is 9.65. The van der Waals surface area contributed by atoms with Gasteiger partial charge >= 0.3 is 11.9 Å². The van der Waals surface area contributed by atoms with Gasteiger partial charge in [-0.3, -0.25) is 14.6 Å². The van der Waals surface area contributed by atoms with E-state index in [1.54, 1.807) is 14.2 Å². The average Bonchev–Trinajstić information content (AvgIpc) is 3.87. The second-order valence-corrected chi connectivity index (χ2v) is 18.5. The Morgan fingerprint density at radius 1 is 0.983 bits per heavy atom. The van der Waals surface area contributed by atoms with Crippen molar-refractivity contribution in [2.75, 3.05) is 66.0 Å². The molecule has 9 rings (SSSR count). The fraction of sp³-hybridized carbons (Fsp3) is 0.609. The van der Waals surface area contributed by atoms with Crippen LogP contribution in [-0.4, -0.2) is 127 Å². The summed E-state index contributed by atoms with van der Waals surface area (Å²) >= 11 is 0. The zero-order valence-electron chi connectivity index (χ0n) is 35.3. The molecule has 2 aromatic carbocycles. The highest BCUT2D eigenvalue weighted by Gasteiger charge is 2.80. The lowest BCUT2D eigenvalue weighted by Gasteiger charge is -2.63. The number of aromatic amines is 1. The second-order valence-electron chi connectivity index (χ2n) is 18.5. The third-order valence-corrected chi connectivity index (χ3v) is 15.7. The van der Waals surface area contributed by atoms with Crippen LogP contribution in [0.1, 0.15) is 82.2 Å². The molecular formula is C46H60N4O8. The number of nitrogens with one attached hydrogen (secondary N) is 1. The van der Waals surface area contributed by atoms with E-state index in [4.69, 9.17) is 18.9 Å². The van der Waals surface area contributed by atoms with Gasteiger partial charge in [-0.15, -0.1) is 0 Å². The predicted octanol–water partition coefficient (Wildman–Crippen LogP) is 4.85. The number of fused-ring (bicyclic) bond motifs is 6. The molecule has 6 heterocycles. The number of benzene rings is 2. The topological polar surface area (TPSA) is 137 Å². The Morgan fingerprint density at radius 2 is 1.78 bits per heavy atom. The lowest BCUT2D eigenvalue weighted by Crippen LogP contribution is -2.81. The maximum atomic E-state index is 14.4. The molecule has 312 valence electrons. The third-order valence-electron chi connectivity index (χ3n) is 15.7. The van der Waals surface area contributed by atoms with E-state index in [0.717, 1.165) is 71.6 Å². The van der Waals surface area contributed by atoms with Crippen LogP contribution in [0, 0.1) is 11.3 Å². The molecule has 3 fully saturated rings. The molecule has 2 bridgehead atoms. The van der Waals surface area contributed by atoms with E-state index in [1.165, 1.54) is 19.6 Å². The maximum Gasteiger partial charge on any atom is 0.344 e. The van der Waals surface area contributed by atoms with Crippen molar-refractivity contribution >= 4 is 28.5 Å². The first kappa shape index (κ1) is 39.4. The Kier molecular flexibility index (Phi) is 9.13. The van der Waals surface area contributed by atoms with Crippen LogP contribution in [0.4, 0.5) is 5.69 Å². The highest BCUT2D eigenvalue weighted by atomic mass is 16.6. The number of methoxy groups -OCH3 is 3. The van der Waals surface area contributed by atoms with Crippen molar-refractivity contribution < 1.29 is 38.7 Å². The molecular weight excluding hydrogens is 737 g/mol. The molecule has 12 nitrogen and oxygen atoms in total. The summed E-state index contributed by atoms with van der Waals surface area (Å²) in [6.45, 7) is 11.6. The number of likely N-dealkylation sites (N-methyl/N-ethyl adjacent to an activating group) is 1. The largest absolute Gasteiger partial charge is 0.497 e. The van der Waals surface area contributed by atoms with Gasteiger partial charge in [-0.2, -0.15) is 0 Å². The van der Waals surface area contributed by atoms with E-state index >= 15 is 0 Å². The molecule has 1 aliphatic carbocycles. The number of rotatable bonds is 7. The van der Waals surface area contributed by atoms with Crippen LogP contribution in [0.15, 0.2) is 42.5 Å². The highest BCUT2D eigenvalue weighted by molar-refractivity contribution is 5.89. The van der Waals surface area contributed by atoms with Gasteiger partial charge in [0.05, 0.1) is 33.0 Å². The first-order valence-electron chi connectivity index (χ1n) is 21.2. The number of hydrogen-bond acceptors (Lipinski definition) is 11. The molecule has 1 aromatic heterocycles. The summed E-state index contributed by atoms with van der Waals surface area (Å²) in [4.78, 5) is 38.2. The Hall–Kier alpha value is -4.10. The SMILES string of the molecule is CC[C@]1(O)C[C@H]2CN(CCc3c([nH]c4ccc(OC)cc34)[C@@](C)(c3cc4c(cc3OC)N(C)[C@H]3[C@@](O)(C(=O)OC)[C@H](OC(C)=O)[C@]5(CC)C=CCN6CC[C@]43[C@@H]65)C2)C1. The van der Waals surface area contributed by atoms with Gasteiger partial charge in [-0.05, 0) is 93.3 Å². The van der Waals surface area contributed by atoms with Crippen LogP contribution in [0.5, 0.6) is 11.5 Å². The molecule has 0 amide bonds. The van der Waals surface area contributed by atoms with Crippen LogP contribution in [0.2, 0.25) is 0 Å². The number of anilines is 1.